The average molecular weight is 196 g/mol. The smallest absolute Gasteiger partial charge is 0.272 e. The van der Waals surface area contributed by atoms with Crippen molar-refractivity contribution in [1.82, 2.24) is 0 Å². The van der Waals surface area contributed by atoms with Gasteiger partial charge in [0.25, 0.3) is 5.69 Å². The summed E-state index contributed by atoms with van der Waals surface area (Å²) in [6, 6.07) is 6.62. The lowest BCUT2D eigenvalue weighted by Gasteiger charge is -2.02. The van der Waals surface area contributed by atoms with Gasteiger partial charge >= 0.3 is 0 Å². The summed E-state index contributed by atoms with van der Waals surface area (Å²) in [5, 5.41) is 10.6. The molecule has 14 heavy (non-hydrogen) atoms. The van der Waals surface area contributed by atoms with E-state index in [0.29, 0.717) is 18.6 Å². The van der Waals surface area contributed by atoms with Gasteiger partial charge in [-0.2, -0.15) is 0 Å². The summed E-state index contributed by atoms with van der Waals surface area (Å²) in [6.07, 6.45) is 0.508. The second kappa shape index (κ2) is 5.31. The van der Waals surface area contributed by atoms with Crippen LogP contribution < -0.4 is 5.73 Å². The van der Waals surface area contributed by atoms with E-state index in [1.807, 2.05) is 0 Å². The minimum absolute atomic E-state index is 0.133. The lowest BCUT2D eigenvalue weighted by molar-refractivity contribution is -0.385. The van der Waals surface area contributed by atoms with Gasteiger partial charge in [0.15, 0.2) is 0 Å². The number of para-hydroxylation sites is 1. The minimum Gasteiger partial charge on any atom is -0.366 e. The van der Waals surface area contributed by atoms with Crippen LogP contribution in [0.1, 0.15) is 5.56 Å². The van der Waals surface area contributed by atoms with Crippen LogP contribution >= 0.6 is 0 Å². The quantitative estimate of drug-likeness (QED) is 0.330. The Bertz CT molecular complexity index is 315. The third kappa shape index (κ3) is 2.79. The molecule has 0 aromatic heterocycles. The summed E-state index contributed by atoms with van der Waals surface area (Å²) in [5.74, 6) is 0. The molecule has 0 fully saturated rings. The lowest BCUT2D eigenvalue weighted by atomic mass is 10.1. The zero-order chi connectivity index (χ0) is 10.4. The number of hydrogen-bond acceptors (Lipinski definition) is 4. The highest BCUT2D eigenvalue weighted by molar-refractivity contribution is 5.39. The summed E-state index contributed by atoms with van der Waals surface area (Å²) in [7, 11) is 0. The standard InChI is InChI=1S/C9H12N2O3/c10-7-14-6-5-8-3-1-2-4-9(8)11(12)13/h1-4H,5-7,10H2. The fourth-order valence-corrected chi connectivity index (χ4v) is 1.17. The third-order valence-electron chi connectivity index (χ3n) is 1.82. The number of nitro benzene ring substituents is 1. The van der Waals surface area contributed by atoms with E-state index < -0.39 is 4.92 Å². The summed E-state index contributed by atoms with van der Waals surface area (Å²) in [6.45, 7) is 0.544. The zero-order valence-corrected chi connectivity index (χ0v) is 7.68. The highest BCUT2D eigenvalue weighted by atomic mass is 16.6. The fraction of sp³-hybridized carbons (Fsp3) is 0.333. The number of nitrogens with two attached hydrogens (primary N) is 1. The third-order valence-corrected chi connectivity index (χ3v) is 1.82. The normalized spacial score (nSPS) is 10.1. The van der Waals surface area contributed by atoms with Crippen LogP contribution in [0.2, 0.25) is 0 Å². The molecule has 0 aliphatic carbocycles. The number of ether oxygens (including phenoxy) is 1. The average Bonchev–Trinajstić information content (AvgIpc) is 2.19. The van der Waals surface area contributed by atoms with Gasteiger partial charge in [-0.15, -0.1) is 0 Å². The van der Waals surface area contributed by atoms with Crippen LogP contribution in [0.4, 0.5) is 5.69 Å². The Labute approximate surface area is 81.6 Å². The van der Waals surface area contributed by atoms with Gasteiger partial charge in [-0.25, -0.2) is 0 Å². The van der Waals surface area contributed by atoms with Crippen molar-refractivity contribution in [2.45, 2.75) is 6.42 Å². The summed E-state index contributed by atoms with van der Waals surface area (Å²) in [4.78, 5) is 10.2. The molecular weight excluding hydrogens is 184 g/mol. The molecule has 1 rings (SSSR count). The van der Waals surface area contributed by atoms with E-state index >= 15 is 0 Å². The van der Waals surface area contributed by atoms with Crippen LogP contribution in [0.5, 0.6) is 0 Å². The highest BCUT2D eigenvalue weighted by Crippen LogP contribution is 2.17. The molecule has 0 bridgehead atoms. The fourth-order valence-electron chi connectivity index (χ4n) is 1.17. The molecule has 0 unspecified atom stereocenters. The molecule has 0 aliphatic rings. The van der Waals surface area contributed by atoms with Gasteiger partial charge in [-0.1, -0.05) is 18.2 Å². The van der Waals surface area contributed by atoms with E-state index in [1.54, 1.807) is 18.2 Å². The maximum absolute atomic E-state index is 10.6. The second-order valence-electron chi connectivity index (χ2n) is 2.71. The zero-order valence-electron chi connectivity index (χ0n) is 7.68. The molecule has 1 aromatic rings. The summed E-state index contributed by atoms with van der Waals surface area (Å²) >= 11 is 0. The molecule has 1 aromatic carbocycles. The molecule has 2 N–H and O–H groups in total. The molecule has 0 spiro atoms. The summed E-state index contributed by atoms with van der Waals surface area (Å²) in [5.41, 5.74) is 5.94. The number of rotatable bonds is 5. The molecule has 0 aliphatic heterocycles. The number of benzene rings is 1. The molecule has 0 atom stereocenters. The SMILES string of the molecule is NCOCCc1ccccc1[N+](=O)[O-]. The van der Waals surface area contributed by atoms with Crippen LogP contribution in [0.3, 0.4) is 0 Å². The molecule has 0 heterocycles. The van der Waals surface area contributed by atoms with Gasteiger partial charge in [0, 0.05) is 18.1 Å². The molecule has 5 heteroatoms. The van der Waals surface area contributed by atoms with Crippen LogP contribution in [0, 0.1) is 10.1 Å². The van der Waals surface area contributed by atoms with Gasteiger partial charge in [0.2, 0.25) is 0 Å². The van der Waals surface area contributed by atoms with Gasteiger partial charge in [-0.05, 0) is 0 Å². The van der Waals surface area contributed by atoms with E-state index in [1.165, 1.54) is 6.07 Å². The molecule has 0 amide bonds. The Balaban J connectivity index is 2.69. The minimum atomic E-state index is -0.391. The Morgan fingerprint density at radius 1 is 1.43 bits per heavy atom. The van der Waals surface area contributed by atoms with Crippen molar-refractivity contribution in [3.63, 3.8) is 0 Å². The van der Waals surface area contributed by atoms with E-state index in [2.05, 4.69) is 0 Å². The van der Waals surface area contributed by atoms with Crippen molar-refractivity contribution in [3.8, 4) is 0 Å². The van der Waals surface area contributed by atoms with Crippen molar-refractivity contribution in [1.29, 1.82) is 0 Å². The van der Waals surface area contributed by atoms with E-state index in [-0.39, 0.29) is 12.4 Å². The molecule has 76 valence electrons. The first-order valence-electron chi connectivity index (χ1n) is 4.26. The molecule has 0 saturated heterocycles. The Hall–Kier alpha value is -1.46. The van der Waals surface area contributed by atoms with Crippen molar-refractivity contribution in [3.05, 3.63) is 39.9 Å². The topological polar surface area (TPSA) is 78.4 Å². The van der Waals surface area contributed by atoms with Gasteiger partial charge < -0.3 is 10.5 Å². The second-order valence-corrected chi connectivity index (χ2v) is 2.71. The lowest BCUT2D eigenvalue weighted by Crippen LogP contribution is -2.08. The first kappa shape index (κ1) is 10.6. The van der Waals surface area contributed by atoms with Crippen molar-refractivity contribution in [2.24, 2.45) is 5.73 Å². The monoisotopic (exact) mass is 196 g/mol. The maximum Gasteiger partial charge on any atom is 0.272 e. The largest absolute Gasteiger partial charge is 0.366 e. The van der Waals surface area contributed by atoms with Gasteiger partial charge in [0.1, 0.15) is 0 Å². The Kier molecular flexibility index (Phi) is 4.03. The van der Waals surface area contributed by atoms with Crippen molar-refractivity contribution in [2.75, 3.05) is 13.3 Å². The Morgan fingerprint density at radius 3 is 2.79 bits per heavy atom. The first-order chi connectivity index (χ1) is 6.75. The molecule has 0 radical (unpaired) electrons. The number of hydrogen-bond donors (Lipinski definition) is 1. The van der Waals surface area contributed by atoms with E-state index in [4.69, 9.17) is 10.5 Å². The predicted octanol–water partition coefficient (Wildman–Crippen LogP) is 1.07. The molecular formula is C9H12N2O3. The predicted molar refractivity (Wildman–Crippen MR) is 51.8 cm³/mol. The van der Waals surface area contributed by atoms with E-state index in [9.17, 15) is 10.1 Å². The molecule has 0 saturated carbocycles. The Morgan fingerprint density at radius 2 is 2.14 bits per heavy atom. The molecule has 5 nitrogen and oxygen atoms in total. The maximum atomic E-state index is 10.6. The first-order valence-corrected chi connectivity index (χ1v) is 4.26. The van der Waals surface area contributed by atoms with Gasteiger partial charge in [0.05, 0.1) is 18.3 Å². The van der Waals surface area contributed by atoms with Crippen LogP contribution in [0.25, 0.3) is 0 Å². The highest BCUT2D eigenvalue weighted by Gasteiger charge is 2.11. The van der Waals surface area contributed by atoms with Crippen LogP contribution in [0.15, 0.2) is 24.3 Å². The van der Waals surface area contributed by atoms with Gasteiger partial charge in [-0.3, -0.25) is 10.1 Å². The number of nitro groups is 1. The number of nitrogens with zero attached hydrogens (tertiary/aromatic N) is 1. The summed E-state index contributed by atoms with van der Waals surface area (Å²) < 4.78 is 4.93. The van der Waals surface area contributed by atoms with Crippen molar-refractivity contribution < 1.29 is 9.66 Å². The van der Waals surface area contributed by atoms with Crippen LogP contribution in [-0.4, -0.2) is 18.3 Å². The van der Waals surface area contributed by atoms with Crippen LogP contribution in [-0.2, 0) is 11.2 Å². The van der Waals surface area contributed by atoms with E-state index in [0.717, 1.165) is 0 Å². The van der Waals surface area contributed by atoms with Crippen molar-refractivity contribution >= 4 is 5.69 Å².